The third kappa shape index (κ3) is 5.76. The third-order valence-corrected chi connectivity index (χ3v) is 7.48. The first kappa shape index (κ1) is 25.6. The van der Waals surface area contributed by atoms with Crippen molar-refractivity contribution in [1.82, 2.24) is 9.88 Å². The topological polar surface area (TPSA) is 58.0 Å². The number of hydrogen-bond acceptors (Lipinski definition) is 5. The average Bonchev–Trinajstić information content (AvgIpc) is 3.31. The monoisotopic (exact) mass is 532 g/mol. The molecule has 2 aromatic rings. The number of piperidine rings is 2. The molecule has 1 amide bonds. The number of benzene rings is 1. The van der Waals surface area contributed by atoms with E-state index in [9.17, 15) is 18.0 Å². The van der Waals surface area contributed by atoms with Crippen LogP contribution in [0, 0.1) is 0 Å². The molecule has 37 heavy (non-hydrogen) atoms. The third-order valence-electron chi connectivity index (χ3n) is 7.24. The second-order valence-corrected chi connectivity index (χ2v) is 10.2. The van der Waals surface area contributed by atoms with Crippen LogP contribution in [0.3, 0.4) is 0 Å². The lowest BCUT2D eigenvalue weighted by molar-refractivity contribution is -0.141. The minimum Gasteiger partial charge on any atom is -0.388 e. The molecule has 3 aliphatic heterocycles. The molecule has 3 aliphatic rings. The molecule has 0 aliphatic carbocycles. The van der Waals surface area contributed by atoms with Crippen molar-refractivity contribution in [3.8, 4) is 0 Å². The number of likely N-dealkylation sites (tertiary alicyclic amines) is 1. The standard InChI is InChI=1S/C27H28ClF3N4O2/c28-21-6-4-5-20(17-21)22-18-26(37-33-22)11-15-34(16-12-26)24(36)10-8-19-7-9-23(27(29,30)31)32-25(19)35-13-2-1-3-14-35/h4-10,17H,1-3,11-16,18H2. The number of rotatable bonds is 4. The van der Waals surface area contributed by atoms with Gasteiger partial charge in [-0.2, -0.15) is 13.2 Å². The van der Waals surface area contributed by atoms with E-state index in [0.717, 1.165) is 36.6 Å². The molecule has 1 aromatic carbocycles. The smallest absolute Gasteiger partial charge is 0.388 e. The Bertz CT molecular complexity index is 1220. The fourth-order valence-electron chi connectivity index (χ4n) is 5.12. The quantitative estimate of drug-likeness (QED) is 0.457. The maximum Gasteiger partial charge on any atom is 0.433 e. The van der Waals surface area contributed by atoms with E-state index in [4.69, 9.17) is 16.4 Å². The maximum atomic E-state index is 13.3. The highest BCUT2D eigenvalue weighted by Crippen LogP contribution is 2.37. The van der Waals surface area contributed by atoms with Crippen LogP contribution in [-0.2, 0) is 15.8 Å². The first-order valence-electron chi connectivity index (χ1n) is 12.5. The summed E-state index contributed by atoms with van der Waals surface area (Å²) in [5, 5.41) is 4.94. The van der Waals surface area contributed by atoms with Crippen molar-refractivity contribution in [2.24, 2.45) is 5.16 Å². The second-order valence-electron chi connectivity index (χ2n) is 9.81. The van der Waals surface area contributed by atoms with Crippen LogP contribution < -0.4 is 4.90 Å². The summed E-state index contributed by atoms with van der Waals surface area (Å²) < 4.78 is 39.9. The van der Waals surface area contributed by atoms with Gasteiger partial charge in [0.25, 0.3) is 0 Å². The average molecular weight is 533 g/mol. The highest BCUT2D eigenvalue weighted by atomic mass is 35.5. The molecule has 0 bridgehead atoms. The predicted octanol–water partition coefficient (Wildman–Crippen LogP) is 5.94. The lowest BCUT2D eigenvalue weighted by Crippen LogP contribution is -2.46. The molecule has 0 atom stereocenters. The number of halogens is 4. The number of pyridine rings is 1. The van der Waals surface area contributed by atoms with Gasteiger partial charge in [-0.05, 0) is 49.6 Å². The highest BCUT2D eigenvalue weighted by Gasteiger charge is 2.43. The van der Waals surface area contributed by atoms with Gasteiger partial charge in [-0.1, -0.05) is 28.9 Å². The number of carbonyl (C=O) groups excluding carboxylic acids is 1. The molecular weight excluding hydrogens is 505 g/mol. The lowest BCUT2D eigenvalue weighted by atomic mass is 9.85. The molecule has 2 saturated heterocycles. The van der Waals surface area contributed by atoms with E-state index in [1.165, 1.54) is 12.1 Å². The van der Waals surface area contributed by atoms with E-state index < -0.39 is 17.5 Å². The molecule has 1 spiro atoms. The molecule has 196 valence electrons. The maximum absolute atomic E-state index is 13.3. The van der Waals surface area contributed by atoms with Crippen LogP contribution in [0.25, 0.3) is 6.08 Å². The zero-order valence-corrected chi connectivity index (χ0v) is 21.1. The molecule has 10 heteroatoms. The summed E-state index contributed by atoms with van der Waals surface area (Å²) in [5.74, 6) is 0.0922. The molecule has 0 unspecified atom stereocenters. The summed E-state index contributed by atoms with van der Waals surface area (Å²) in [5.41, 5.74) is 0.934. The van der Waals surface area contributed by atoms with E-state index in [1.54, 1.807) is 11.0 Å². The Morgan fingerprint density at radius 1 is 1.05 bits per heavy atom. The van der Waals surface area contributed by atoms with Crippen LogP contribution in [-0.4, -0.2) is 53.3 Å². The number of amides is 1. The fraction of sp³-hybridized carbons (Fsp3) is 0.444. The number of alkyl halides is 3. The normalized spacial score (nSPS) is 19.8. The van der Waals surface area contributed by atoms with Crippen LogP contribution >= 0.6 is 11.6 Å². The highest BCUT2D eigenvalue weighted by molar-refractivity contribution is 6.31. The Kier molecular flexibility index (Phi) is 7.16. The minimum absolute atomic E-state index is 0.187. The van der Waals surface area contributed by atoms with Gasteiger partial charge in [0.2, 0.25) is 5.91 Å². The van der Waals surface area contributed by atoms with Crippen molar-refractivity contribution in [1.29, 1.82) is 0 Å². The molecule has 0 saturated carbocycles. The van der Waals surface area contributed by atoms with Gasteiger partial charge in [0.15, 0.2) is 0 Å². The second kappa shape index (κ2) is 10.4. The van der Waals surface area contributed by atoms with Gasteiger partial charge in [-0.25, -0.2) is 4.98 Å². The fourth-order valence-corrected chi connectivity index (χ4v) is 5.31. The summed E-state index contributed by atoms with van der Waals surface area (Å²) >= 11 is 6.11. The molecule has 1 aromatic heterocycles. The van der Waals surface area contributed by atoms with E-state index in [2.05, 4.69) is 10.1 Å². The van der Waals surface area contributed by atoms with Crippen molar-refractivity contribution in [2.45, 2.75) is 50.3 Å². The number of oxime groups is 1. The number of hydrogen-bond donors (Lipinski definition) is 0. The summed E-state index contributed by atoms with van der Waals surface area (Å²) in [4.78, 5) is 26.3. The van der Waals surface area contributed by atoms with E-state index >= 15 is 0 Å². The van der Waals surface area contributed by atoms with Crippen molar-refractivity contribution in [3.63, 3.8) is 0 Å². The van der Waals surface area contributed by atoms with E-state index in [-0.39, 0.29) is 11.7 Å². The molecule has 4 heterocycles. The molecule has 5 rings (SSSR count). The van der Waals surface area contributed by atoms with Crippen molar-refractivity contribution in [2.75, 3.05) is 31.1 Å². The number of anilines is 1. The first-order chi connectivity index (χ1) is 17.7. The summed E-state index contributed by atoms with van der Waals surface area (Å²) in [6, 6.07) is 9.87. The largest absolute Gasteiger partial charge is 0.433 e. The van der Waals surface area contributed by atoms with Gasteiger partial charge in [0.1, 0.15) is 17.1 Å². The molecular formula is C27H28ClF3N4O2. The Labute approximate surface area is 218 Å². The molecule has 2 fully saturated rings. The van der Waals surface area contributed by atoms with Gasteiger partial charge >= 0.3 is 6.18 Å². The van der Waals surface area contributed by atoms with Crippen LogP contribution in [0.4, 0.5) is 19.0 Å². The summed E-state index contributed by atoms with van der Waals surface area (Å²) in [6.07, 6.45) is 3.27. The number of nitrogens with zero attached hydrogens (tertiary/aromatic N) is 4. The predicted molar refractivity (Wildman–Crippen MR) is 137 cm³/mol. The Morgan fingerprint density at radius 2 is 1.81 bits per heavy atom. The van der Waals surface area contributed by atoms with Crippen LogP contribution in [0.1, 0.15) is 55.3 Å². The minimum atomic E-state index is -4.52. The van der Waals surface area contributed by atoms with Crippen molar-refractivity contribution in [3.05, 3.63) is 64.3 Å². The number of aromatic nitrogens is 1. The van der Waals surface area contributed by atoms with Gasteiger partial charge < -0.3 is 14.6 Å². The SMILES string of the molecule is O=C(C=Cc1ccc(C(F)(F)F)nc1N1CCCCC1)N1CCC2(CC1)CC(c1cccc(Cl)c1)=NO2. The molecule has 0 N–H and O–H groups in total. The molecule has 6 nitrogen and oxygen atoms in total. The zero-order valence-electron chi connectivity index (χ0n) is 20.3. The Hall–Kier alpha value is -3.07. The Morgan fingerprint density at radius 3 is 2.51 bits per heavy atom. The van der Waals surface area contributed by atoms with Crippen molar-refractivity contribution >= 4 is 35.1 Å². The number of carbonyl (C=O) groups is 1. The van der Waals surface area contributed by atoms with Crippen LogP contribution in [0.2, 0.25) is 5.02 Å². The first-order valence-corrected chi connectivity index (χ1v) is 12.9. The lowest BCUT2D eigenvalue weighted by Gasteiger charge is -2.36. The van der Waals surface area contributed by atoms with Crippen molar-refractivity contribution < 1.29 is 22.8 Å². The van der Waals surface area contributed by atoms with Gasteiger partial charge in [0, 0.05) is 67.7 Å². The summed E-state index contributed by atoms with van der Waals surface area (Å²) in [6.45, 7) is 2.31. The van der Waals surface area contributed by atoms with Crippen LogP contribution in [0.15, 0.2) is 47.6 Å². The van der Waals surface area contributed by atoms with E-state index in [1.807, 2.05) is 29.2 Å². The Balaban J connectivity index is 1.24. The molecule has 0 radical (unpaired) electrons. The van der Waals surface area contributed by atoms with E-state index in [0.29, 0.717) is 56.0 Å². The van der Waals surface area contributed by atoms with Crippen LogP contribution in [0.5, 0.6) is 0 Å². The van der Waals surface area contributed by atoms with Gasteiger partial charge in [-0.15, -0.1) is 0 Å². The van der Waals surface area contributed by atoms with Gasteiger partial charge in [0.05, 0.1) is 5.71 Å². The van der Waals surface area contributed by atoms with Gasteiger partial charge in [-0.3, -0.25) is 4.79 Å². The zero-order chi connectivity index (χ0) is 26.0. The summed E-state index contributed by atoms with van der Waals surface area (Å²) in [7, 11) is 0.